The van der Waals surface area contributed by atoms with Gasteiger partial charge in [0.2, 0.25) is 0 Å². The van der Waals surface area contributed by atoms with Crippen LogP contribution in [0.5, 0.6) is 0 Å². The molecule has 0 saturated carbocycles. The lowest BCUT2D eigenvalue weighted by Crippen LogP contribution is -2.49. The number of ether oxygens (including phenoxy) is 1. The van der Waals surface area contributed by atoms with E-state index < -0.39 is 0 Å². The summed E-state index contributed by atoms with van der Waals surface area (Å²) in [5.41, 5.74) is 2.19. The Morgan fingerprint density at radius 2 is 2.11 bits per heavy atom. The van der Waals surface area contributed by atoms with Crippen LogP contribution in [0.2, 0.25) is 0 Å². The molecule has 0 N–H and O–H groups in total. The van der Waals surface area contributed by atoms with E-state index in [1.54, 1.807) is 10.9 Å². The van der Waals surface area contributed by atoms with E-state index in [0.29, 0.717) is 31.7 Å². The molecule has 19 heavy (non-hydrogen) atoms. The predicted octanol–water partition coefficient (Wildman–Crippen LogP) is 0.464. The van der Waals surface area contributed by atoms with Gasteiger partial charge in [-0.05, 0) is 0 Å². The summed E-state index contributed by atoms with van der Waals surface area (Å²) in [6, 6.07) is 0. The third-order valence-corrected chi connectivity index (χ3v) is 3.76. The Kier molecular flexibility index (Phi) is 4.86. The van der Waals surface area contributed by atoms with Crippen molar-refractivity contribution in [2.45, 2.75) is 6.42 Å². The summed E-state index contributed by atoms with van der Waals surface area (Å²) in [6.45, 7) is 3.61. The van der Waals surface area contributed by atoms with Crippen molar-refractivity contribution in [2.75, 3.05) is 39.8 Å². The van der Waals surface area contributed by atoms with Gasteiger partial charge >= 0.3 is 5.97 Å². The number of thiazole rings is 1. The number of carbonyl (C=O) groups excluding carboxylic acids is 2. The summed E-state index contributed by atoms with van der Waals surface area (Å²) in [5, 5.41) is 1.77. The maximum Gasteiger partial charge on any atom is 0.306 e. The van der Waals surface area contributed by atoms with Gasteiger partial charge in [-0.1, -0.05) is 0 Å². The Morgan fingerprint density at radius 3 is 2.68 bits per heavy atom. The molecule has 1 aliphatic heterocycles. The number of nitrogens with zero attached hydrogens (tertiary/aromatic N) is 3. The van der Waals surface area contributed by atoms with Crippen molar-refractivity contribution in [1.29, 1.82) is 0 Å². The molecule has 2 rings (SSSR count). The molecule has 0 bridgehead atoms. The van der Waals surface area contributed by atoms with Crippen LogP contribution < -0.4 is 0 Å². The Hall–Kier alpha value is -1.47. The van der Waals surface area contributed by atoms with Gasteiger partial charge in [0.1, 0.15) is 5.69 Å². The standard InChI is InChI=1S/C12H17N3O3S/c1-18-11(16)2-3-14-4-6-15(7-5-14)12(17)10-8-19-9-13-10/h8-9H,2-7H2,1H3. The summed E-state index contributed by atoms with van der Waals surface area (Å²) in [7, 11) is 1.40. The molecule has 1 saturated heterocycles. The van der Waals surface area contributed by atoms with Crippen LogP contribution >= 0.6 is 11.3 Å². The largest absolute Gasteiger partial charge is 0.469 e. The molecule has 1 aromatic rings. The minimum absolute atomic E-state index is 0.00568. The molecule has 0 radical (unpaired) electrons. The fourth-order valence-electron chi connectivity index (χ4n) is 2.01. The highest BCUT2D eigenvalue weighted by Crippen LogP contribution is 2.09. The zero-order chi connectivity index (χ0) is 13.7. The van der Waals surface area contributed by atoms with E-state index in [2.05, 4.69) is 14.6 Å². The van der Waals surface area contributed by atoms with E-state index in [9.17, 15) is 9.59 Å². The summed E-state index contributed by atoms with van der Waals surface area (Å²) in [6.07, 6.45) is 0.399. The van der Waals surface area contributed by atoms with Gasteiger partial charge in [0.05, 0.1) is 19.0 Å². The second-order valence-electron chi connectivity index (χ2n) is 4.33. The van der Waals surface area contributed by atoms with Gasteiger partial charge in [0.25, 0.3) is 5.91 Å². The van der Waals surface area contributed by atoms with Crippen molar-refractivity contribution in [2.24, 2.45) is 0 Å². The summed E-state index contributed by atoms with van der Waals surface area (Å²) >= 11 is 1.43. The Morgan fingerprint density at radius 1 is 1.37 bits per heavy atom. The molecule has 1 fully saturated rings. The zero-order valence-electron chi connectivity index (χ0n) is 10.9. The Labute approximate surface area is 116 Å². The summed E-state index contributed by atoms with van der Waals surface area (Å²) < 4.78 is 4.61. The normalized spacial score (nSPS) is 16.4. The van der Waals surface area contributed by atoms with Crippen LogP contribution in [0.4, 0.5) is 0 Å². The van der Waals surface area contributed by atoms with E-state index >= 15 is 0 Å². The van der Waals surface area contributed by atoms with E-state index in [-0.39, 0.29) is 11.9 Å². The molecular weight excluding hydrogens is 266 g/mol. The number of aromatic nitrogens is 1. The third kappa shape index (κ3) is 3.74. The molecule has 2 heterocycles. The van der Waals surface area contributed by atoms with E-state index in [1.807, 2.05) is 4.90 Å². The molecule has 1 amide bonds. The molecule has 6 nitrogen and oxygen atoms in total. The van der Waals surface area contributed by atoms with Gasteiger partial charge < -0.3 is 9.64 Å². The predicted molar refractivity (Wildman–Crippen MR) is 71.1 cm³/mol. The lowest BCUT2D eigenvalue weighted by Gasteiger charge is -2.34. The Balaban J connectivity index is 1.76. The van der Waals surface area contributed by atoms with Gasteiger partial charge in [-0.25, -0.2) is 4.98 Å². The minimum Gasteiger partial charge on any atom is -0.469 e. The third-order valence-electron chi connectivity index (χ3n) is 3.17. The van der Waals surface area contributed by atoms with Crippen LogP contribution in [0.25, 0.3) is 0 Å². The number of rotatable bonds is 4. The molecule has 1 aromatic heterocycles. The number of carbonyl (C=O) groups is 2. The average Bonchev–Trinajstić information content (AvgIpc) is 2.98. The molecule has 104 valence electrons. The number of amides is 1. The van der Waals surface area contributed by atoms with E-state index in [4.69, 9.17) is 0 Å². The summed E-state index contributed by atoms with van der Waals surface area (Å²) in [4.78, 5) is 31.1. The van der Waals surface area contributed by atoms with Gasteiger partial charge in [0, 0.05) is 38.1 Å². The second kappa shape index (κ2) is 6.63. The molecule has 7 heteroatoms. The number of hydrogen-bond acceptors (Lipinski definition) is 6. The quantitative estimate of drug-likeness (QED) is 0.751. The number of piperazine rings is 1. The lowest BCUT2D eigenvalue weighted by molar-refractivity contribution is -0.141. The van der Waals surface area contributed by atoms with Crippen molar-refractivity contribution in [1.82, 2.24) is 14.8 Å². The maximum absolute atomic E-state index is 12.1. The first-order valence-corrected chi connectivity index (χ1v) is 7.11. The lowest BCUT2D eigenvalue weighted by atomic mass is 10.2. The molecule has 0 aromatic carbocycles. The highest BCUT2D eigenvalue weighted by Gasteiger charge is 2.23. The van der Waals surface area contributed by atoms with Crippen molar-refractivity contribution >= 4 is 23.2 Å². The first kappa shape index (κ1) is 14.0. The van der Waals surface area contributed by atoms with Crippen molar-refractivity contribution in [3.63, 3.8) is 0 Å². The first-order chi connectivity index (χ1) is 9.20. The molecule has 1 aliphatic rings. The number of hydrogen-bond donors (Lipinski definition) is 0. The molecular formula is C12H17N3O3S. The van der Waals surface area contributed by atoms with Crippen LogP contribution in [0.15, 0.2) is 10.9 Å². The van der Waals surface area contributed by atoms with Gasteiger partial charge in [-0.15, -0.1) is 11.3 Å². The van der Waals surface area contributed by atoms with Crippen LogP contribution in [-0.4, -0.2) is 66.5 Å². The van der Waals surface area contributed by atoms with Crippen molar-refractivity contribution in [3.8, 4) is 0 Å². The highest BCUT2D eigenvalue weighted by atomic mass is 32.1. The van der Waals surface area contributed by atoms with Crippen LogP contribution in [-0.2, 0) is 9.53 Å². The molecule has 0 atom stereocenters. The maximum atomic E-state index is 12.1. The first-order valence-electron chi connectivity index (χ1n) is 6.17. The van der Waals surface area contributed by atoms with E-state index in [1.165, 1.54) is 18.4 Å². The van der Waals surface area contributed by atoms with E-state index in [0.717, 1.165) is 13.1 Å². The fraction of sp³-hybridized carbons (Fsp3) is 0.583. The summed E-state index contributed by atoms with van der Waals surface area (Å²) in [5.74, 6) is -0.199. The fourth-order valence-corrected chi connectivity index (χ4v) is 2.53. The number of esters is 1. The SMILES string of the molecule is COC(=O)CCN1CCN(C(=O)c2cscn2)CC1. The molecule has 0 unspecified atom stereocenters. The van der Waals surface area contributed by atoms with Gasteiger partial charge in [-0.3, -0.25) is 14.5 Å². The monoisotopic (exact) mass is 283 g/mol. The minimum atomic E-state index is -0.194. The van der Waals surface area contributed by atoms with Gasteiger partial charge in [0.15, 0.2) is 0 Å². The topological polar surface area (TPSA) is 62.7 Å². The molecule has 0 aliphatic carbocycles. The van der Waals surface area contributed by atoms with Crippen molar-refractivity contribution < 1.29 is 14.3 Å². The smallest absolute Gasteiger partial charge is 0.306 e. The highest BCUT2D eigenvalue weighted by molar-refractivity contribution is 7.07. The van der Waals surface area contributed by atoms with Gasteiger partial charge in [-0.2, -0.15) is 0 Å². The zero-order valence-corrected chi connectivity index (χ0v) is 11.7. The molecule has 0 spiro atoms. The van der Waals surface area contributed by atoms with Crippen LogP contribution in [0.3, 0.4) is 0 Å². The second-order valence-corrected chi connectivity index (χ2v) is 5.05. The Bertz CT molecular complexity index is 427. The van der Waals surface area contributed by atoms with Crippen LogP contribution in [0.1, 0.15) is 16.9 Å². The van der Waals surface area contributed by atoms with Crippen LogP contribution in [0, 0.1) is 0 Å². The van der Waals surface area contributed by atoms with Crippen molar-refractivity contribution in [3.05, 3.63) is 16.6 Å². The number of methoxy groups -OCH3 is 1. The average molecular weight is 283 g/mol.